The molecule has 4 N–H and O–H groups in total. The van der Waals surface area contributed by atoms with Crippen LogP contribution in [-0.2, 0) is 0 Å². The minimum absolute atomic E-state index is 0.0154. The standard InChI is InChI=1S/C19H20O6/c1-24-17-9-12(4-5-15(17)22)18-14(10-21)13-7-11(3-2-6-20)8-16(23)19(13)25-18/h2-5,7-9,14,18,20-23H,6,10H2,1H3/b3-2+/t14-,18+/m0/s1. The Morgan fingerprint density at radius 1 is 1.12 bits per heavy atom. The Morgan fingerprint density at radius 2 is 1.92 bits per heavy atom. The number of fused-ring (bicyclic) bond motifs is 1. The number of aromatic hydroxyl groups is 2. The summed E-state index contributed by atoms with van der Waals surface area (Å²) >= 11 is 0. The predicted octanol–water partition coefficient (Wildman–Crippen LogP) is 2.32. The van der Waals surface area contributed by atoms with Gasteiger partial charge < -0.3 is 29.9 Å². The number of phenols is 2. The summed E-state index contributed by atoms with van der Waals surface area (Å²) in [4.78, 5) is 0. The van der Waals surface area contributed by atoms with E-state index in [4.69, 9.17) is 14.6 Å². The van der Waals surface area contributed by atoms with Crippen molar-refractivity contribution in [1.29, 1.82) is 0 Å². The summed E-state index contributed by atoms with van der Waals surface area (Å²) < 4.78 is 11.0. The first kappa shape index (κ1) is 17.1. The van der Waals surface area contributed by atoms with Crippen molar-refractivity contribution in [3.8, 4) is 23.0 Å². The first-order valence-corrected chi connectivity index (χ1v) is 7.87. The second-order valence-corrected chi connectivity index (χ2v) is 5.80. The molecule has 2 atom stereocenters. The van der Waals surface area contributed by atoms with Crippen LogP contribution in [-0.4, -0.2) is 40.7 Å². The first-order chi connectivity index (χ1) is 12.1. The third-order valence-corrected chi connectivity index (χ3v) is 4.27. The van der Waals surface area contributed by atoms with Crippen molar-refractivity contribution < 1.29 is 29.9 Å². The van der Waals surface area contributed by atoms with Crippen molar-refractivity contribution in [3.05, 3.63) is 53.1 Å². The quantitative estimate of drug-likeness (QED) is 0.664. The Bertz CT molecular complexity index is 799. The summed E-state index contributed by atoms with van der Waals surface area (Å²) in [5, 5.41) is 38.8. The van der Waals surface area contributed by atoms with E-state index < -0.39 is 6.10 Å². The van der Waals surface area contributed by atoms with Gasteiger partial charge in [-0.05, 0) is 35.4 Å². The van der Waals surface area contributed by atoms with Crippen LogP contribution in [0.4, 0.5) is 0 Å². The molecule has 0 unspecified atom stereocenters. The minimum atomic E-state index is -0.516. The molecule has 6 nitrogen and oxygen atoms in total. The fourth-order valence-corrected chi connectivity index (χ4v) is 3.08. The van der Waals surface area contributed by atoms with Crippen molar-refractivity contribution in [3.63, 3.8) is 0 Å². The number of aliphatic hydroxyl groups is 2. The molecule has 25 heavy (non-hydrogen) atoms. The zero-order chi connectivity index (χ0) is 18.0. The zero-order valence-electron chi connectivity index (χ0n) is 13.7. The van der Waals surface area contributed by atoms with Gasteiger partial charge in [0.05, 0.1) is 26.2 Å². The zero-order valence-corrected chi connectivity index (χ0v) is 13.7. The smallest absolute Gasteiger partial charge is 0.165 e. The molecule has 0 bridgehead atoms. The van der Waals surface area contributed by atoms with Gasteiger partial charge in [-0.15, -0.1) is 0 Å². The molecule has 0 saturated heterocycles. The van der Waals surface area contributed by atoms with Crippen LogP contribution in [0.1, 0.15) is 28.7 Å². The van der Waals surface area contributed by atoms with Crippen molar-refractivity contribution >= 4 is 6.08 Å². The number of methoxy groups -OCH3 is 1. The maximum Gasteiger partial charge on any atom is 0.165 e. The molecule has 6 heteroatoms. The van der Waals surface area contributed by atoms with Gasteiger partial charge in [-0.3, -0.25) is 0 Å². The average Bonchev–Trinajstić information content (AvgIpc) is 2.99. The van der Waals surface area contributed by atoms with Crippen LogP contribution in [0.2, 0.25) is 0 Å². The van der Waals surface area contributed by atoms with Crippen LogP contribution in [0.25, 0.3) is 6.08 Å². The Balaban J connectivity index is 2.01. The molecule has 2 aromatic rings. The fourth-order valence-electron chi connectivity index (χ4n) is 3.08. The molecule has 1 heterocycles. The van der Waals surface area contributed by atoms with E-state index in [1.54, 1.807) is 30.4 Å². The van der Waals surface area contributed by atoms with Gasteiger partial charge in [0.1, 0.15) is 6.10 Å². The van der Waals surface area contributed by atoms with Crippen molar-refractivity contribution in [1.82, 2.24) is 0 Å². The van der Waals surface area contributed by atoms with E-state index in [9.17, 15) is 15.3 Å². The van der Waals surface area contributed by atoms with E-state index in [-0.39, 0.29) is 30.6 Å². The summed E-state index contributed by atoms with van der Waals surface area (Å²) in [5.41, 5.74) is 2.12. The van der Waals surface area contributed by atoms with E-state index in [0.717, 1.165) is 5.56 Å². The summed E-state index contributed by atoms with van der Waals surface area (Å²) in [5.74, 6) is 0.253. The summed E-state index contributed by atoms with van der Waals surface area (Å²) in [6.07, 6.45) is 2.73. The van der Waals surface area contributed by atoms with Crippen molar-refractivity contribution in [2.75, 3.05) is 20.3 Å². The average molecular weight is 344 g/mol. The molecule has 2 aromatic carbocycles. The monoisotopic (exact) mass is 344 g/mol. The highest BCUT2D eigenvalue weighted by molar-refractivity contribution is 5.62. The minimum Gasteiger partial charge on any atom is -0.504 e. The molecule has 0 radical (unpaired) electrons. The molecular formula is C19H20O6. The lowest BCUT2D eigenvalue weighted by Gasteiger charge is -2.18. The number of ether oxygens (including phenoxy) is 2. The van der Waals surface area contributed by atoms with Crippen LogP contribution in [0, 0.1) is 0 Å². The summed E-state index contributed by atoms with van der Waals surface area (Å²) in [7, 11) is 1.46. The van der Waals surface area contributed by atoms with Gasteiger partial charge in [-0.2, -0.15) is 0 Å². The highest BCUT2D eigenvalue weighted by atomic mass is 16.5. The topological polar surface area (TPSA) is 99.4 Å². The number of hydrogen-bond acceptors (Lipinski definition) is 6. The predicted molar refractivity (Wildman–Crippen MR) is 92.1 cm³/mol. The largest absolute Gasteiger partial charge is 0.504 e. The molecular weight excluding hydrogens is 324 g/mol. The molecule has 1 aliphatic heterocycles. The fraction of sp³-hybridized carbons (Fsp3) is 0.263. The maximum absolute atomic E-state index is 10.3. The Labute approximate surface area is 145 Å². The van der Waals surface area contributed by atoms with E-state index >= 15 is 0 Å². The molecule has 0 saturated carbocycles. The van der Waals surface area contributed by atoms with Gasteiger partial charge in [0, 0.05) is 5.56 Å². The summed E-state index contributed by atoms with van der Waals surface area (Å²) in [6, 6.07) is 8.21. The van der Waals surface area contributed by atoms with E-state index in [1.807, 2.05) is 6.07 Å². The summed E-state index contributed by atoms with van der Waals surface area (Å²) in [6.45, 7) is -0.277. The van der Waals surface area contributed by atoms with Crippen LogP contribution in [0.5, 0.6) is 23.0 Å². The van der Waals surface area contributed by atoms with Gasteiger partial charge in [0.2, 0.25) is 0 Å². The van der Waals surface area contributed by atoms with Crippen molar-refractivity contribution in [2.45, 2.75) is 12.0 Å². The van der Waals surface area contributed by atoms with Crippen molar-refractivity contribution in [2.24, 2.45) is 0 Å². The van der Waals surface area contributed by atoms with Gasteiger partial charge >= 0.3 is 0 Å². The Morgan fingerprint density at radius 3 is 2.60 bits per heavy atom. The highest BCUT2D eigenvalue weighted by Crippen LogP contribution is 2.51. The van der Waals surface area contributed by atoms with E-state index in [1.165, 1.54) is 13.2 Å². The molecule has 0 aliphatic carbocycles. The van der Waals surface area contributed by atoms with Gasteiger partial charge in [0.25, 0.3) is 0 Å². The third kappa shape index (κ3) is 3.14. The van der Waals surface area contributed by atoms with E-state index in [2.05, 4.69) is 0 Å². The molecule has 1 aliphatic rings. The lowest BCUT2D eigenvalue weighted by molar-refractivity contribution is 0.157. The second kappa shape index (κ2) is 7.04. The number of hydrogen-bond donors (Lipinski definition) is 4. The normalized spacial score (nSPS) is 19.0. The van der Waals surface area contributed by atoms with Crippen LogP contribution in [0.3, 0.4) is 0 Å². The molecule has 132 valence electrons. The SMILES string of the molecule is COc1cc([C@H]2Oc3c(O)cc(/C=C/CO)cc3[C@@H]2CO)ccc1O. The van der Waals surface area contributed by atoms with Crippen LogP contribution >= 0.6 is 0 Å². The lowest BCUT2D eigenvalue weighted by Crippen LogP contribution is -2.13. The lowest BCUT2D eigenvalue weighted by atomic mass is 9.90. The highest BCUT2D eigenvalue weighted by Gasteiger charge is 2.37. The molecule has 0 amide bonds. The molecule has 0 fully saturated rings. The second-order valence-electron chi connectivity index (χ2n) is 5.80. The number of rotatable bonds is 5. The maximum atomic E-state index is 10.3. The Hall–Kier alpha value is -2.70. The Kier molecular flexibility index (Phi) is 4.83. The third-order valence-electron chi connectivity index (χ3n) is 4.27. The number of phenolic OH excluding ortho intramolecular Hbond substituents is 2. The van der Waals surface area contributed by atoms with Gasteiger partial charge in [-0.1, -0.05) is 18.2 Å². The molecule has 0 spiro atoms. The number of aliphatic hydroxyl groups excluding tert-OH is 2. The molecule has 3 rings (SSSR count). The van der Waals surface area contributed by atoms with Gasteiger partial charge in [-0.25, -0.2) is 0 Å². The van der Waals surface area contributed by atoms with Crippen LogP contribution in [0.15, 0.2) is 36.4 Å². The van der Waals surface area contributed by atoms with E-state index in [0.29, 0.717) is 22.6 Å². The molecule has 0 aromatic heterocycles. The van der Waals surface area contributed by atoms with Gasteiger partial charge in [0.15, 0.2) is 23.0 Å². The first-order valence-electron chi connectivity index (χ1n) is 7.87. The number of benzene rings is 2. The van der Waals surface area contributed by atoms with Crippen LogP contribution < -0.4 is 9.47 Å².